The van der Waals surface area contributed by atoms with Crippen LogP contribution in [-0.2, 0) is 10.2 Å². The maximum atomic E-state index is 12.6. The number of nitrogens with one attached hydrogen (secondary N) is 2. The maximum absolute atomic E-state index is 12.6. The minimum absolute atomic E-state index is 0.137. The van der Waals surface area contributed by atoms with E-state index < -0.39 is 0 Å². The molecule has 1 saturated carbocycles. The molecule has 2 aliphatic rings. The number of guanidine groups is 1. The Labute approximate surface area is 186 Å². The second kappa shape index (κ2) is 10.5. The van der Waals surface area contributed by atoms with Crippen molar-refractivity contribution in [3.8, 4) is 0 Å². The third kappa shape index (κ3) is 5.69. The fourth-order valence-electron chi connectivity index (χ4n) is 4.39. The molecular weight excluding hydrogens is 396 g/mol. The summed E-state index contributed by atoms with van der Waals surface area (Å²) in [4.78, 5) is 19.6. The predicted octanol–water partition coefficient (Wildman–Crippen LogP) is 4.35. The van der Waals surface area contributed by atoms with E-state index in [4.69, 9.17) is 16.6 Å². The fourth-order valence-corrected chi connectivity index (χ4v) is 4.58. The SMILES string of the molecule is CCNC(=NCC1(c2cccc(Cl)c2)CC1)NC1CCN(C(=O)C(CC)CC)CC1. The molecule has 0 unspecified atom stereocenters. The van der Waals surface area contributed by atoms with Gasteiger partial charge in [-0.15, -0.1) is 0 Å². The molecule has 1 aliphatic carbocycles. The van der Waals surface area contributed by atoms with Gasteiger partial charge in [0.15, 0.2) is 5.96 Å². The normalized spacial score (nSPS) is 19.1. The Balaban J connectivity index is 1.56. The number of halogens is 1. The number of piperidine rings is 1. The second-order valence-electron chi connectivity index (χ2n) is 8.74. The van der Waals surface area contributed by atoms with Gasteiger partial charge in [-0.3, -0.25) is 9.79 Å². The van der Waals surface area contributed by atoms with Crippen LogP contribution >= 0.6 is 11.6 Å². The van der Waals surface area contributed by atoms with Gasteiger partial charge in [-0.1, -0.05) is 37.6 Å². The molecule has 0 aromatic heterocycles. The van der Waals surface area contributed by atoms with Crippen LogP contribution < -0.4 is 10.6 Å². The molecule has 1 aliphatic heterocycles. The number of carbonyl (C=O) groups is 1. The number of rotatable bonds is 8. The van der Waals surface area contributed by atoms with Crippen LogP contribution in [0.4, 0.5) is 0 Å². The van der Waals surface area contributed by atoms with Crippen LogP contribution in [0.25, 0.3) is 0 Å². The molecule has 0 bridgehead atoms. The molecule has 30 heavy (non-hydrogen) atoms. The molecule has 166 valence electrons. The molecule has 6 heteroatoms. The fraction of sp³-hybridized carbons (Fsp3) is 0.667. The third-order valence-corrected chi connectivity index (χ3v) is 6.89. The average Bonchev–Trinajstić information content (AvgIpc) is 3.55. The van der Waals surface area contributed by atoms with Gasteiger partial charge in [0.1, 0.15) is 0 Å². The molecule has 5 nitrogen and oxygen atoms in total. The van der Waals surface area contributed by atoms with Gasteiger partial charge in [0.25, 0.3) is 0 Å². The lowest BCUT2D eigenvalue weighted by atomic mass is 9.96. The lowest BCUT2D eigenvalue weighted by Crippen LogP contribution is -2.50. The van der Waals surface area contributed by atoms with Crippen molar-refractivity contribution in [2.45, 2.75) is 70.8 Å². The highest BCUT2D eigenvalue weighted by molar-refractivity contribution is 6.30. The highest BCUT2D eigenvalue weighted by Gasteiger charge is 2.44. The summed E-state index contributed by atoms with van der Waals surface area (Å²) in [5.74, 6) is 1.39. The molecule has 1 aromatic carbocycles. The molecule has 2 N–H and O–H groups in total. The van der Waals surface area contributed by atoms with Gasteiger partial charge in [-0.2, -0.15) is 0 Å². The van der Waals surface area contributed by atoms with Crippen LogP contribution in [0, 0.1) is 5.92 Å². The van der Waals surface area contributed by atoms with Crippen molar-refractivity contribution in [1.29, 1.82) is 0 Å². The number of hydrogen-bond acceptors (Lipinski definition) is 2. The lowest BCUT2D eigenvalue weighted by molar-refractivity contribution is -0.136. The molecule has 0 spiro atoms. The number of likely N-dealkylation sites (tertiary alicyclic amines) is 1. The van der Waals surface area contributed by atoms with E-state index >= 15 is 0 Å². The van der Waals surface area contributed by atoms with Crippen LogP contribution in [-0.4, -0.2) is 49.0 Å². The molecule has 1 amide bonds. The van der Waals surface area contributed by atoms with E-state index in [1.807, 2.05) is 12.1 Å². The summed E-state index contributed by atoms with van der Waals surface area (Å²) in [7, 11) is 0. The predicted molar refractivity (Wildman–Crippen MR) is 125 cm³/mol. The summed E-state index contributed by atoms with van der Waals surface area (Å²) in [5.41, 5.74) is 1.43. The molecule has 3 rings (SSSR count). The first-order chi connectivity index (χ1) is 14.5. The second-order valence-corrected chi connectivity index (χ2v) is 9.18. The Morgan fingerprint density at radius 2 is 1.93 bits per heavy atom. The lowest BCUT2D eigenvalue weighted by Gasteiger charge is -2.35. The highest BCUT2D eigenvalue weighted by Crippen LogP contribution is 2.48. The van der Waals surface area contributed by atoms with Crippen molar-refractivity contribution in [3.63, 3.8) is 0 Å². The quantitative estimate of drug-likeness (QED) is 0.474. The van der Waals surface area contributed by atoms with Gasteiger partial charge in [0.05, 0.1) is 6.54 Å². The van der Waals surface area contributed by atoms with E-state index in [1.54, 1.807) is 0 Å². The summed E-state index contributed by atoms with van der Waals surface area (Å²) in [6.45, 7) is 9.58. The van der Waals surface area contributed by atoms with E-state index in [9.17, 15) is 4.79 Å². The maximum Gasteiger partial charge on any atom is 0.225 e. The largest absolute Gasteiger partial charge is 0.357 e. The molecule has 1 heterocycles. The Hall–Kier alpha value is -1.75. The van der Waals surface area contributed by atoms with Crippen molar-refractivity contribution in [2.75, 3.05) is 26.2 Å². The van der Waals surface area contributed by atoms with Crippen LogP contribution in [0.5, 0.6) is 0 Å². The van der Waals surface area contributed by atoms with E-state index in [-0.39, 0.29) is 11.3 Å². The van der Waals surface area contributed by atoms with Crippen LogP contribution in [0.3, 0.4) is 0 Å². The Morgan fingerprint density at radius 3 is 2.50 bits per heavy atom. The van der Waals surface area contributed by atoms with Gasteiger partial charge in [-0.05, 0) is 63.1 Å². The third-order valence-electron chi connectivity index (χ3n) is 6.66. The minimum atomic E-state index is 0.137. The molecule has 2 fully saturated rings. The monoisotopic (exact) mass is 432 g/mol. The van der Waals surface area contributed by atoms with Crippen molar-refractivity contribution in [1.82, 2.24) is 15.5 Å². The van der Waals surface area contributed by atoms with Gasteiger partial charge >= 0.3 is 0 Å². The first kappa shape index (κ1) is 22.9. The smallest absolute Gasteiger partial charge is 0.225 e. The van der Waals surface area contributed by atoms with E-state index in [0.717, 1.165) is 75.7 Å². The molecule has 0 atom stereocenters. The summed E-state index contributed by atoms with van der Waals surface area (Å²) in [6.07, 6.45) is 6.11. The number of amides is 1. The number of benzene rings is 1. The van der Waals surface area contributed by atoms with Gasteiger partial charge in [-0.25, -0.2) is 0 Å². The molecule has 1 aromatic rings. The summed E-state index contributed by atoms with van der Waals surface area (Å²) in [6, 6.07) is 8.56. The van der Waals surface area contributed by atoms with E-state index in [2.05, 4.69) is 48.4 Å². The molecular formula is C24H37ClN4O. The average molecular weight is 433 g/mol. The van der Waals surface area contributed by atoms with Gasteiger partial charge < -0.3 is 15.5 Å². The van der Waals surface area contributed by atoms with Crippen molar-refractivity contribution < 1.29 is 4.79 Å². The number of aliphatic imine (C=N–C) groups is 1. The van der Waals surface area contributed by atoms with Gasteiger partial charge in [0, 0.05) is 42.0 Å². The summed E-state index contributed by atoms with van der Waals surface area (Å²) >= 11 is 6.20. The summed E-state index contributed by atoms with van der Waals surface area (Å²) in [5, 5.41) is 7.80. The summed E-state index contributed by atoms with van der Waals surface area (Å²) < 4.78 is 0. The van der Waals surface area contributed by atoms with Gasteiger partial charge in [0.2, 0.25) is 5.91 Å². The Kier molecular flexibility index (Phi) is 8.04. The van der Waals surface area contributed by atoms with Crippen molar-refractivity contribution >= 4 is 23.5 Å². The van der Waals surface area contributed by atoms with Crippen molar-refractivity contribution in [2.24, 2.45) is 10.9 Å². The Bertz CT molecular complexity index is 734. The highest BCUT2D eigenvalue weighted by atomic mass is 35.5. The zero-order valence-electron chi connectivity index (χ0n) is 18.7. The van der Waals surface area contributed by atoms with Crippen molar-refractivity contribution in [3.05, 3.63) is 34.9 Å². The number of nitrogens with zero attached hydrogens (tertiary/aromatic N) is 2. The Morgan fingerprint density at radius 1 is 1.23 bits per heavy atom. The number of carbonyl (C=O) groups excluding carboxylic acids is 1. The first-order valence-corrected chi connectivity index (χ1v) is 12.0. The van der Waals surface area contributed by atoms with Crippen LogP contribution in [0.1, 0.15) is 64.9 Å². The zero-order valence-corrected chi connectivity index (χ0v) is 19.5. The van der Waals surface area contributed by atoms with Crippen LogP contribution in [0.2, 0.25) is 5.02 Å². The number of hydrogen-bond donors (Lipinski definition) is 2. The molecule has 0 radical (unpaired) electrons. The minimum Gasteiger partial charge on any atom is -0.357 e. The van der Waals surface area contributed by atoms with E-state index in [0.29, 0.717) is 11.9 Å². The van der Waals surface area contributed by atoms with Crippen LogP contribution in [0.15, 0.2) is 29.3 Å². The first-order valence-electron chi connectivity index (χ1n) is 11.6. The topological polar surface area (TPSA) is 56.7 Å². The molecule has 1 saturated heterocycles. The zero-order chi connectivity index (χ0) is 21.6. The standard InChI is InChI=1S/C24H37ClN4O/c1-4-18(5-2)22(30)29-14-10-21(11-15-29)28-23(26-6-3)27-17-24(12-13-24)19-8-7-9-20(25)16-19/h7-9,16,18,21H,4-6,10-15,17H2,1-3H3,(H2,26,27,28). The van der Waals surface area contributed by atoms with E-state index in [1.165, 1.54) is 5.56 Å².